The van der Waals surface area contributed by atoms with Crippen molar-refractivity contribution in [1.29, 1.82) is 0 Å². The van der Waals surface area contributed by atoms with Crippen LogP contribution in [0.5, 0.6) is 0 Å². The molecule has 1 nitrogen and oxygen atoms in total. The first-order valence-electron chi connectivity index (χ1n) is 7.80. The Labute approximate surface area is 127 Å². The van der Waals surface area contributed by atoms with Crippen molar-refractivity contribution >= 4 is 6.08 Å². The Morgan fingerprint density at radius 2 is 1.62 bits per heavy atom. The van der Waals surface area contributed by atoms with Crippen LogP contribution >= 0.6 is 0 Å². The van der Waals surface area contributed by atoms with Crippen molar-refractivity contribution in [3.63, 3.8) is 0 Å². The van der Waals surface area contributed by atoms with Crippen LogP contribution in [0.4, 0.5) is 0 Å². The molecule has 0 radical (unpaired) electrons. The maximum Gasteiger partial charge on any atom is 0.101 e. The Bertz CT molecular complexity index is 697. The minimum absolute atomic E-state index is 0.516. The largest absolute Gasteiger partial charge is 0.324 e. The summed E-state index contributed by atoms with van der Waals surface area (Å²) in [6.07, 6.45) is 2.45. The molecule has 4 rings (SSSR count). The molecule has 0 saturated carbocycles. The minimum atomic E-state index is 0.516. The van der Waals surface area contributed by atoms with E-state index in [9.17, 15) is 0 Å². The van der Waals surface area contributed by atoms with Crippen molar-refractivity contribution in [1.82, 2.24) is 0 Å². The molecule has 1 heteroatoms. The zero-order valence-electron chi connectivity index (χ0n) is 12.8. The second-order valence-corrected chi connectivity index (χ2v) is 7.12. The maximum absolute atomic E-state index is 2.45. The van der Waals surface area contributed by atoms with E-state index >= 15 is 0 Å². The Hall–Kier alpha value is -1.86. The second kappa shape index (κ2) is 4.57. The predicted octanol–water partition coefficient (Wildman–Crippen LogP) is 3.92. The van der Waals surface area contributed by atoms with E-state index in [4.69, 9.17) is 0 Å². The topological polar surface area (TPSA) is 0 Å². The summed E-state index contributed by atoms with van der Waals surface area (Å²) in [6.45, 7) is 2.42. The van der Waals surface area contributed by atoms with E-state index in [1.165, 1.54) is 29.8 Å². The lowest BCUT2D eigenvalue weighted by Gasteiger charge is -2.30. The molecule has 2 aromatic rings. The van der Waals surface area contributed by atoms with Crippen LogP contribution in [-0.2, 0) is 0 Å². The van der Waals surface area contributed by atoms with Gasteiger partial charge in [-0.3, -0.25) is 0 Å². The van der Waals surface area contributed by atoms with E-state index in [1.54, 1.807) is 5.57 Å². The molecule has 0 amide bonds. The molecule has 1 aliphatic heterocycles. The normalized spacial score (nSPS) is 25.9. The summed E-state index contributed by atoms with van der Waals surface area (Å²) in [4.78, 5) is 0. The third kappa shape index (κ3) is 2.13. The van der Waals surface area contributed by atoms with Gasteiger partial charge in [0.25, 0.3) is 0 Å². The van der Waals surface area contributed by atoms with Crippen LogP contribution in [0, 0.1) is 5.92 Å². The molecule has 0 N–H and O–H groups in total. The quantitative estimate of drug-likeness (QED) is 0.693. The van der Waals surface area contributed by atoms with Crippen LogP contribution in [0.15, 0.2) is 60.2 Å². The van der Waals surface area contributed by atoms with Gasteiger partial charge in [-0.05, 0) is 28.3 Å². The van der Waals surface area contributed by atoms with Crippen LogP contribution in [0.1, 0.15) is 22.6 Å². The molecule has 0 spiro atoms. The van der Waals surface area contributed by atoms with Crippen molar-refractivity contribution in [2.45, 2.75) is 5.92 Å². The average molecular weight is 276 g/mol. The van der Waals surface area contributed by atoms with E-state index in [1.807, 2.05) is 0 Å². The Morgan fingerprint density at radius 3 is 2.43 bits per heavy atom. The standard InChI is InChI=1S/C20H22N/c1-21(2)13-17-12-16-10-6-7-11-18(16)20(19(17)14-21)15-8-4-3-5-9-15/h3-12,19-20H,13-14H2,1-2H3/q+1. The molecule has 106 valence electrons. The van der Waals surface area contributed by atoms with Crippen LogP contribution < -0.4 is 0 Å². The minimum Gasteiger partial charge on any atom is -0.324 e. The average Bonchev–Trinajstić information content (AvgIpc) is 2.78. The fraction of sp³-hybridized carbons (Fsp3) is 0.300. The molecule has 0 aromatic heterocycles. The molecule has 21 heavy (non-hydrogen) atoms. The number of fused-ring (bicyclic) bond motifs is 2. The van der Waals surface area contributed by atoms with Gasteiger partial charge in [-0.25, -0.2) is 0 Å². The Morgan fingerprint density at radius 1 is 0.905 bits per heavy atom. The molecule has 0 bridgehead atoms. The molecule has 1 saturated heterocycles. The van der Waals surface area contributed by atoms with Gasteiger partial charge >= 0.3 is 0 Å². The van der Waals surface area contributed by atoms with Crippen molar-refractivity contribution in [2.24, 2.45) is 5.92 Å². The third-order valence-corrected chi connectivity index (χ3v) is 5.01. The number of hydrogen-bond acceptors (Lipinski definition) is 0. The van der Waals surface area contributed by atoms with Crippen molar-refractivity contribution < 1.29 is 4.48 Å². The van der Waals surface area contributed by atoms with Crippen molar-refractivity contribution in [3.8, 4) is 0 Å². The SMILES string of the molecule is C[N+]1(C)CC2=Cc3ccccc3C(c3ccccc3)C2C1. The smallest absolute Gasteiger partial charge is 0.101 e. The summed E-state index contributed by atoms with van der Waals surface area (Å²) in [5.41, 5.74) is 6.01. The highest BCUT2D eigenvalue weighted by Gasteiger charge is 2.43. The molecule has 2 aromatic carbocycles. The van der Waals surface area contributed by atoms with Crippen LogP contribution in [-0.4, -0.2) is 31.7 Å². The lowest BCUT2D eigenvalue weighted by atomic mass is 9.73. The number of hydrogen-bond donors (Lipinski definition) is 0. The molecule has 2 atom stereocenters. The lowest BCUT2D eigenvalue weighted by molar-refractivity contribution is -0.877. The van der Waals surface area contributed by atoms with Gasteiger partial charge in [0.15, 0.2) is 0 Å². The fourth-order valence-corrected chi connectivity index (χ4v) is 4.21. The van der Waals surface area contributed by atoms with E-state index in [2.05, 4.69) is 74.8 Å². The highest BCUT2D eigenvalue weighted by Crippen LogP contribution is 2.46. The summed E-state index contributed by atoms with van der Waals surface area (Å²) in [6, 6.07) is 20.0. The van der Waals surface area contributed by atoms with Gasteiger partial charge in [0, 0.05) is 11.8 Å². The summed E-state index contributed by atoms with van der Waals surface area (Å²) in [7, 11) is 4.71. The molecular weight excluding hydrogens is 254 g/mol. The monoisotopic (exact) mass is 276 g/mol. The third-order valence-electron chi connectivity index (χ3n) is 5.01. The molecule has 2 aliphatic rings. The van der Waals surface area contributed by atoms with Gasteiger partial charge < -0.3 is 4.48 Å². The number of benzene rings is 2. The van der Waals surface area contributed by atoms with Gasteiger partial charge in [-0.2, -0.15) is 0 Å². The Balaban J connectivity index is 1.89. The summed E-state index contributed by atoms with van der Waals surface area (Å²) >= 11 is 0. The predicted molar refractivity (Wildman–Crippen MR) is 88.0 cm³/mol. The van der Waals surface area contributed by atoms with Crippen molar-refractivity contribution in [3.05, 3.63) is 76.9 Å². The van der Waals surface area contributed by atoms with Crippen LogP contribution in [0.3, 0.4) is 0 Å². The van der Waals surface area contributed by atoms with E-state index in [0.717, 1.165) is 4.48 Å². The highest BCUT2D eigenvalue weighted by molar-refractivity contribution is 5.64. The lowest BCUT2D eigenvalue weighted by Crippen LogP contribution is -2.37. The van der Waals surface area contributed by atoms with Crippen LogP contribution in [0.2, 0.25) is 0 Å². The zero-order valence-corrected chi connectivity index (χ0v) is 12.8. The van der Waals surface area contributed by atoms with Gasteiger partial charge in [0.1, 0.15) is 6.54 Å². The fourth-order valence-electron chi connectivity index (χ4n) is 4.21. The molecule has 1 heterocycles. The summed E-state index contributed by atoms with van der Waals surface area (Å²) in [5.74, 6) is 1.17. The van der Waals surface area contributed by atoms with Gasteiger partial charge in [0.05, 0.1) is 20.6 Å². The number of rotatable bonds is 1. The molecule has 2 unspecified atom stereocenters. The number of likely N-dealkylation sites (tertiary alicyclic amines) is 1. The molecule has 1 fully saturated rings. The van der Waals surface area contributed by atoms with E-state index in [0.29, 0.717) is 11.8 Å². The molecule has 1 aliphatic carbocycles. The van der Waals surface area contributed by atoms with Gasteiger partial charge in [-0.15, -0.1) is 0 Å². The summed E-state index contributed by atoms with van der Waals surface area (Å²) in [5, 5.41) is 0. The first kappa shape index (κ1) is 12.8. The van der Waals surface area contributed by atoms with Gasteiger partial charge in [-0.1, -0.05) is 54.6 Å². The van der Waals surface area contributed by atoms with Crippen LogP contribution in [0.25, 0.3) is 6.08 Å². The van der Waals surface area contributed by atoms with E-state index in [-0.39, 0.29) is 0 Å². The van der Waals surface area contributed by atoms with Gasteiger partial charge in [0.2, 0.25) is 0 Å². The first-order chi connectivity index (χ1) is 10.1. The number of quaternary nitrogens is 1. The number of nitrogens with zero attached hydrogens (tertiary/aromatic N) is 1. The number of likely N-dealkylation sites (N-methyl/N-ethyl adjacent to an activating group) is 1. The maximum atomic E-state index is 2.45. The Kier molecular flexibility index (Phi) is 2.80. The molecular formula is C20H22N+. The zero-order chi connectivity index (χ0) is 14.4. The van der Waals surface area contributed by atoms with Crippen molar-refractivity contribution in [2.75, 3.05) is 27.2 Å². The second-order valence-electron chi connectivity index (χ2n) is 7.12. The van der Waals surface area contributed by atoms with E-state index < -0.39 is 0 Å². The summed E-state index contributed by atoms with van der Waals surface area (Å²) < 4.78 is 1.10. The first-order valence-corrected chi connectivity index (χ1v) is 7.80. The highest BCUT2D eigenvalue weighted by atomic mass is 15.3.